The van der Waals surface area contributed by atoms with E-state index in [0.29, 0.717) is 17.9 Å². The number of benzene rings is 2. The quantitative estimate of drug-likeness (QED) is 0.720. The number of furan rings is 1. The summed E-state index contributed by atoms with van der Waals surface area (Å²) in [4.78, 5) is 14.1. The van der Waals surface area contributed by atoms with Gasteiger partial charge in [-0.15, -0.1) is 0 Å². The summed E-state index contributed by atoms with van der Waals surface area (Å²) in [6, 6.07) is 12.8. The predicted molar refractivity (Wildman–Crippen MR) is 101 cm³/mol. The maximum atomic E-state index is 12.3. The molecule has 2 aromatic carbocycles. The number of likely N-dealkylation sites (N-methyl/N-ethyl adjacent to an activating group) is 1. The molecule has 0 radical (unpaired) electrons. The maximum Gasteiger partial charge on any atom is 0.226 e. The Hall–Kier alpha value is -2.95. The molecule has 0 unspecified atom stereocenters. The van der Waals surface area contributed by atoms with Gasteiger partial charge in [0.05, 0.1) is 13.5 Å². The minimum atomic E-state index is 0.0876. The first-order chi connectivity index (χ1) is 12.5. The van der Waals surface area contributed by atoms with E-state index in [0.717, 1.165) is 35.2 Å². The highest BCUT2D eigenvalue weighted by Crippen LogP contribution is 2.34. The Morgan fingerprint density at radius 3 is 2.58 bits per heavy atom. The van der Waals surface area contributed by atoms with Gasteiger partial charge in [0.2, 0.25) is 5.91 Å². The van der Waals surface area contributed by atoms with E-state index in [1.54, 1.807) is 18.2 Å². The van der Waals surface area contributed by atoms with Crippen molar-refractivity contribution in [3.05, 3.63) is 48.0 Å². The Morgan fingerprint density at radius 1 is 1.12 bits per heavy atom. The second-order valence-corrected chi connectivity index (χ2v) is 6.11. The van der Waals surface area contributed by atoms with Gasteiger partial charge in [-0.25, -0.2) is 0 Å². The molecule has 136 valence electrons. The van der Waals surface area contributed by atoms with Crippen LogP contribution in [0.1, 0.15) is 19.4 Å². The topological polar surface area (TPSA) is 62.9 Å². The maximum absolute atomic E-state index is 12.3. The third kappa shape index (κ3) is 3.52. The fourth-order valence-electron chi connectivity index (χ4n) is 3.04. The molecule has 0 saturated carbocycles. The van der Waals surface area contributed by atoms with Crippen LogP contribution < -0.4 is 4.74 Å². The lowest BCUT2D eigenvalue weighted by molar-refractivity contribution is -0.130. The van der Waals surface area contributed by atoms with Crippen LogP contribution in [0.2, 0.25) is 0 Å². The molecule has 0 atom stereocenters. The van der Waals surface area contributed by atoms with Crippen LogP contribution in [-0.2, 0) is 11.2 Å². The molecule has 1 amide bonds. The van der Waals surface area contributed by atoms with Crippen molar-refractivity contribution >= 4 is 16.9 Å². The van der Waals surface area contributed by atoms with Gasteiger partial charge in [0.15, 0.2) is 11.5 Å². The summed E-state index contributed by atoms with van der Waals surface area (Å²) in [5, 5.41) is 10.7. The van der Waals surface area contributed by atoms with Crippen molar-refractivity contribution in [2.24, 2.45) is 0 Å². The first-order valence-corrected chi connectivity index (χ1v) is 8.73. The van der Waals surface area contributed by atoms with E-state index >= 15 is 0 Å². The van der Waals surface area contributed by atoms with Crippen LogP contribution in [0.4, 0.5) is 0 Å². The molecule has 0 aliphatic heterocycles. The third-order valence-corrected chi connectivity index (χ3v) is 4.52. The lowest BCUT2D eigenvalue weighted by atomic mass is 10.1. The number of ether oxygens (including phenoxy) is 1. The van der Waals surface area contributed by atoms with Gasteiger partial charge in [0.25, 0.3) is 0 Å². The largest absolute Gasteiger partial charge is 0.504 e. The Labute approximate surface area is 152 Å². The summed E-state index contributed by atoms with van der Waals surface area (Å²) in [5.74, 6) is 1.30. The predicted octanol–water partition coefficient (Wildman–Crippen LogP) is 4.22. The highest BCUT2D eigenvalue weighted by atomic mass is 16.5. The van der Waals surface area contributed by atoms with Crippen molar-refractivity contribution in [3.8, 4) is 22.8 Å². The summed E-state index contributed by atoms with van der Waals surface area (Å²) in [5.41, 5.74) is 2.53. The number of phenolic OH excluding ortho intramolecular Hbond substituents is 1. The third-order valence-electron chi connectivity index (χ3n) is 4.52. The molecule has 1 aromatic heterocycles. The lowest BCUT2D eigenvalue weighted by Gasteiger charge is -2.18. The molecule has 5 nitrogen and oxygen atoms in total. The van der Waals surface area contributed by atoms with Gasteiger partial charge in [-0.3, -0.25) is 4.79 Å². The number of fused-ring (bicyclic) bond motifs is 1. The van der Waals surface area contributed by atoms with E-state index in [2.05, 4.69) is 0 Å². The highest BCUT2D eigenvalue weighted by Gasteiger charge is 2.13. The zero-order chi connectivity index (χ0) is 18.7. The summed E-state index contributed by atoms with van der Waals surface area (Å²) >= 11 is 0. The van der Waals surface area contributed by atoms with E-state index in [-0.39, 0.29) is 11.7 Å². The average Bonchev–Trinajstić information content (AvgIpc) is 3.06. The standard InChI is InChI=1S/C21H23NO4/c1-4-22(5-2)21(24)11-14-6-9-18-16(10-14)13-19(26-18)15-7-8-17(23)20(12-15)25-3/h6-10,12-13,23H,4-5,11H2,1-3H3. The molecule has 26 heavy (non-hydrogen) atoms. The second kappa shape index (κ2) is 7.52. The number of phenols is 1. The number of amides is 1. The molecule has 0 fully saturated rings. The number of hydrogen-bond acceptors (Lipinski definition) is 4. The monoisotopic (exact) mass is 353 g/mol. The van der Waals surface area contributed by atoms with E-state index in [9.17, 15) is 9.90 Å². The van der Waals surface area contributed by atoms with Gasteiger partial charge in [0.1, 0.15) is 11.3 Å². The Bertz CT molecular complexity index is 925. The zero-order valence-electron chi connectivity index (χ0n) is 15.3. The van der Waals surface area contributed by atoms with Crippen LogP contribution >= 0.6 is 0 Å². The van der Waals surface area contributed by atoms with Gasteiger partial charge in [-0.05, 0) is 55.8 Å². The fourth-order valence-corrected chi connectivity index (χ4v) is 3.04. The van der Waals surface area contributed by atoms with Crippen LogP contribution in [0.5, 0.6) is 11.5 Å². The van der Waals surface area contributed by atoms with E-state index < -0.39 is 0 Å². The van der Waals surface area contributed by atoms with Crippen LogP contribution in [-0.4, -0.2) is 36.1 Å². The summed E-state index contributed by atoms with van der Waals surface area (Å²) < 4.78 is 11.1. The molecule has 0 spiro atoms. The van der Waals surface area contributed by atoms with Gasteiger partial charge in [-0.1, -0.05) is 6.07 Å². The van der Waals surface area contributed by atoms with Crippen molar-refractivity contribution in [1.82, 2.24) is 4.90 Å². The Balaban J connectivity index is 1.89. The van der Waals surface area contributed by atoms with E-state index in [1.807, 2.05) is 43.0 Å². The Kier molecular flexibility index (Phi) is 5.16. The smallest absolute Gasteiger partial charge is 0.226 e. The molecular weight excluding hydrogens is 330 g/mol. The molecule has 0 bridgehead atoms. The summed E-state index contributed by atoms with van der Waals surface area (Å²) in [6.45, 7) is 5.41. The minimum Gasteiger partial charge on any atom is -0.504 e. The number of methoxy groups -OCH3 is 1. The number of aromatic hydroxyl groups is 1. The first-order valence-electron chi connectivity index (χ1n) is 8.73. The van der Waals surface area contributed by atoms with Gasteiger partial charge in [0, 0.05) is 24.0 Å². The van der Waals surface area contributed by atoms with E-state index in [4.69, 9.17) is 9.15 Å². The zero-order valence-corrected chi connectivity index (χ0v) is 15.3. The van der Waals surface area contributed by atoms with Crippen molar-refractivity contribution in [2.45, 2.75) is 20.3 Å². The minimum absolute atomic E-state index is 0.0876. The molecule has 1 heterocycles. The first kappa shape index (κ1) is 17.9. The average molecular weight is 353 g/mol. The van der Waals surface area contributed by atoms with Crippen LogP contribution in [0.3, 0.4) is 0 Å². The molecule has 0 aliphatic rings. The summed E-state index contributed by atoms with van der Waals surface area (Å²) in [7, 11) is 1.51. The van der Waals surface area contributed by atoms with Crippen molar-refractivity contribution < 1.29 is 19.1 Å². The fraction of sp³-hybridized carbons (Fsp3) is 0.286. The Morgan fingerprint density at radius 2 is 1.88 bits per heavy atom. The molecule has 5 heteroatoms. The normalized spacial score (nSPS) is 10.9. The number of carbonyl (C=O) groups excluding carboxylic acids is 1. The number of nitrogens with zero attached hydrogens (tertiary/aromatic N) is 1. The van der Waals surface area contributed by atoms with Crippen molar-refractivity contribution in [1.29, 1.82) is 0 Å². The number of hydrogen-bond donors (Lipinski definition) is 1. The van der Waals surface area contributed by atoms with Gasteiger partial charge >= 0.3 is 0 Å². The SMILES string of the molecule is CCN(CC)C(=O)Cc1ccc2oc(-c3ccc(O)c(OC)c3)cc2c1. The van der Waals surface area contributed by atoms with Gasteiger partial charge in [-0.2, -0.15) is 0 Å². The molecule has 1 N–H and O–H groups in total. The van der Waals surface area contributed by atoms with Crippen LogP contribution in [0.25, 0.3) is 22.3 Å². The molecular formula is C21H23NO4. The molecule has 3 aromatic rings. The second-order valence-electron chi connectivity index (χ2n) is 6.11. The van der Waals surface area contributed by atoms with Crippen LogP contribution in [0.15, 0.2) is 46.9 Å². The van der Waals surface area contributed by atoms with Crippen molar-refractivity contribution in [2.75, 3.05) is 20.2 Å². The lowest BCUT2D eigenvalue weighted by Crippen LogP contribution is -2.31. The summed E-state index contributed by atoms with van der Waals surface area (Å²) in [6.07, 6.45) is 0.380. The molecule has 3 rings (SSSR count). The number of rotatable bonds is 6. The highest BCUT2D eigenvalue weighted by molar-refractivity contribution is 5.86. The van der Waals surface area contributed by atoms with Crippen LogP contribution in [0, 0.1) is 0 Å². The molecule has 0 saturated heterocycles. The van der Waals surface area contributed by atoms with Crippen molar-refractivity contribution in [3.63, 3.8) is 0 Å². The van der Waals surface area contributed by atoms with Gasteiger partial charge < -0.3 is 19.2 Å². The number of carbonyl (C=O) groups is 1. The van der Waals surface area contributed by atoms with E-state index in [1.165, 1.54) is 7.11 Å². The molecule has 0 aliphatic carbocycles.